The van der Waals surface area contributed by atoms with E-state index in [1.165, 1.54) is 0 Å². The number of hydrogen-bond acceptors (Lipinski definition) is 1. The lowest BCUT2D eigenvalue weighted by atomic mass is 10.1. The number of amides is 1. The molecular weight excluding hydrogens is 340 g/mol. The van der Waals surface area contributed by atoms with E-state index in [1.807, 2.05) is 66.2 Å². The molecule has 1 amide bonds. The number of aromatic nitrogens is 1. The minimum Gasteiger partial charge on any atom is -0.348 e. The molecule has 0 unspecified atom stereocenters. The smallest absolute Gasteiger partial charge is 0.240 e. The maximum Gasteiger partial charge on any atom is 0.240 e. The summed E-state index contributed by atoms with van der Waals surface area (Å²) in [7, 11) is 0. The lowest BCUT2D eigenvalue weighted by Gasteiger charge is -2.15. The maximum absolute atomic E-state index is 12.3. The van der Waals surface area contributed by atoms with Crippen molar-refractivity contribution in [3.8, 4) is 0 Å². The Morgan fingerprint density at radius 2 is 1.95 bits per heavy atom. The van der Waals surface area contributed by atoms with Crippen LogP contribution in [-0.2, 0) is 11.3 Å². The molecule has 3 nitrogen and oxygen atoms in total. The van der Waals surface area contributed by atoms with Crippen LogP contribution in [0.25, 0.3) is 10.9 Å². The van der Waals surface area contributed by atoms with Gasteiger partial charge in [0.1, 0.15) is 6.54 Å². The van der Waals surface area contributed by atoms with E-state index in [1.54, 1.807) is 0 Å². The van der Waals surface area contributed by atoms with Crippen LogP contribution in [0.1, 0.15) is 18.5 Å². The molecule has 0 bridgehead atoms. The predicted octanol–water partition coefficient (Wildman–Crippen LogP) is 4.28. The second kappa shape index (κ2) is 6.36. The van der Waals surface area contributed by atoms with E-state index in [9.17, 15) is 4.79 Å². The first-order chi connectivity index (χ1) is 10.6. The molecule has 1 atom stereocenters. The third-order valence-corrected chi connectivity index (χ3v) is 4.22. The number of hydrogen-bond donors (Lipinski definition) is 1. The molecule has 4 heteroatoms. The Bertz CT molecular complexity index is 795. The Balaban J connectivity index is 1.71. The van der Waals surface area contributed by atoms with Gasteiger partial charge in [0.2, 0.25) is 5.91 Å². The summed E-state index contributed by atoms with van der Waals surface area (Å²) in [6.45, 7) is 2.32. The molecule has 1 aromatic heterocycles. The Hall–Kier alpha value is -2.07. The van der Waals surface area contributed by atoms with Crippen LogP contribution in [0.15, 0.2) is 65.3 Å². The molecule has 1 N–H and O–H groups in total. The molecule has 0 fully saturated rings. The summed E-state index contributed by atoms with van der Waals surface area (Å²) in [6.07, 6.45) is 1.95. The Labute approximate surface area is 138 Å². The average molecular weight is 357 g/mol. The second-order valence-electron chi connectivity index (χ2n) is 5.35. The Morgan fingerprint density at radius 1 is 1.18 bits per heavy atom. The summed E-state index contributed by atoms with van der Waals surface area (Å²) in [6, 6.07) is 18.1. The van der Waals surface area contributed by atoms with Gasteiger partial charge in [-0.1, -0.05) is 46.3 Å². The zero-order valence-corrected chi connectivity index (χ0v) is 13.9. The summed E-state index contributed by atoms with van der Waals surface area (Å²) < 4.78 is 3.01. The number of fused-ring (bicyclic) bond motifs is 1. The third-order valence-electron chi connectivity index (χ3n) is 3.72. The zero-order valence-electron chi connectivity index (χ0n) is 12.3. The third kappa shape index (κ3) is 3.22. The summed E-state index contributed by atoms with van der Waals surface area (Å²) >= 11 is 3.46. The molecule has 1 heterocycles. The van der Waals surface area contributed by atoms with E-state index in [-0.39, 0.29) is 11.9 Å². The number of nitrogens with one attached hydrogen (secondary N) is 1. The first kappa shape index (κ1) is 14.9. The highest BCUT2D eigenvalue weighted by Gasteiger charge is 2.11. The lowest BCUT2D eigenvalue weighted by Crippen LogP contribution is -2.29. The zero-order chi connectivity index (χ0) is 15.5. The first-order valence-corrected chi connectivity index (χ1v) is 8.01. The fourth-order valence-electron chi connectivity index (χ4n) is 2.58. The molecule has 3 aromatic rings. The minimum atomic E-state index is 0.00432. The molecular formula is C18H17BrN2O. The molecule has 22 heavy (non-hydrogen) atoms. The standard InChI is InChI=1S/C18H17BrN2O/c1-13(14-5-3-2-4-6-14)20-18(22)12-21-10-9-15-11-16(19)7-8-17(15)21/h2-11,13H,12H2,1H3,(H,20,22)/t13-/m0/s1. The number of halogens is 1. The van der Waals surface area contributed by atoms with Gasteiger partial charge in [-0.25, -0.2) is 0 Å². The van der Waals surface area contributed by atoms with Crippen LogP contribution >= 0.6 is 15.9 Å². The van der Waals surface area contributed by atoms with Crippen molar-refractivity contribution in [2.45, 2.75) is 19.5 Å². The van der Waals surface area contributed by atoms with Gasteiger partial charge in [-0.05, 0) is 36.8 Å². The van der Waals surface area contributed by atoms with Crippen molar-refractivity contribution in [2.75, 3.05) is 0 Å². The highest BCUT2D eigenvalue weighted by atomic mass is 79.9. The Kier molecular flexibility index (Phi) is 4.29. The Morgan fingerprint density at radius 3 is 2.73 bits per heavy atom. The van der Waals surface area contributed by atoms with Crippen molar-refractivity contribution in [3.05, 3.63) is 70.8 Å². The van der Waals surface area contributed by atoms with Crippen molar-refractivity contribution in [2.24, 2.45) is 0 Å². The summed E-state index contributed by atoms with van der Waals surface area (Å²) in [4.78, 5) is 12.3. The second-order valence-corrected chi connectivity index (χ2v) is 6.26. The van der Waals surface area contributed by atoms with Gasteiger partial charge in [0.15, 0.2) is 0 Å². The van der Waals surface area contributed by atoms with Gasteiger partial charge in [-0.15, -0.1) is 0 Å². The van der Waals surface area contributed by atoms with Crippen molar-refractivity contribution in [3.63, 3.8) is 0 Å². The van der Waals surface area contributed by atoms with Crippen LogP contribution < -0.4 is 5.32 Å². The topological polar surface area (TPSA) is 34.0 Å². The van der Waals surface area contributed by atoms with E-state index in [0.29, 0.717) is 6.54 Å². The largest absolute Gasteiger partial charge is 0.348 e. The van der Waals surface area contributed by atoms with Gasteiger partial charge < -0.3 is 9.88 Å². The predicted molar refractivity (Wildman–Crippen MR) is 92.6 cm³/mol. The molecule has 0 saturated carbocycles. The van der Waals surface area contributed by atoms with E-state index >= 15 is 0 Å². The molecule has 112 valence electrons. The molecule has 0 saturated heterocycles. The highest BCUT2D eigenvalue weighted by molar-refractivity contribution is 9.10. The van der Waals surface area contributed by atoms with Crippen LogP contribution in [-0.4, -0.2) is 10.5 Å². The number of carbonyl (C=O) groups excluding carboxylic acids is 1. The van der Waals surface area contributed by atoms with Crippen LogP contribution in [0.4, 0.5) is 0 Å². The van der Waals surface area contributed by atoms with Gasteiger partial charge in [0.25, 0.3) is 0 Å². The molecule has 0 spiro atoms. The fourth-order valence-corrected chi connectivity index (χ4v) is 2.95. The average Bonchev–Trinajstić information content (AvgIpc) is 2.90. The number of nitrogens with zero attached hydrogens (tertiary/aromatic N) is 1. The highest BCUT2D eigenvalue weighted by Crippen LogP contribution is 2.21. The van der Waals surface area contributed by atoms with Crippen LogP contribution in [0.3, 0.4) is 0 Å². The molecule has 3 rings (SSSR count). The van der Waals surface area contributed by atoms with Gasteiger partial charge in [-0.3, -0.25) is 4.79 Å². The maximum atomic E-state index is 12.3. The van der Waals surface area contributed by atoms with Crippen LogP contribution in [0.5, 0.6) is 0 Å². The van der Waals surface area contributed by atoms with Crippen molar-refractivity contribution in [1.29, 1.82) is 0 Å². The summed E-state index contributed by atoms with van der Waals surface area (Å²) in [5, 5.41) is 4.16. The minimum absolute atomic E-state index is 0.00432. The molecule has 0 aliphatic rings. The van der Waals surface area contributed by atoms with Crippen molar-refractivity contribution >= 4 is 32.7 Å². The number of carbonyl (C=O) groups is 1. The van der Waals surface area contributed by atoms with E-state index in [2.05, 4.69) is 27.3 Å². The van der Waals surface area contributed by atoms with Gasteiger partial charge in [0, 0.05) is 21.6 Å². The molecule has 0 aliphatic heterocycles. The SMILES string of the molecule is C[C@H](NC(=O)Cn1ccc2cc(Br)ccc21)c1ccccc1. The van der Waals surface area contributed by atoms with Crippen LogP contribution in [0.2, 0.25) is 0 Å². The first-order valence-electron chi connectivity index (χ1n) is 7.22. The molecule has 2 aromatic carbocycles. The lowest BCUT2D eigenvalue weighted by molar-refractivity contribution is -0.122. The van der Waals surface area contributed by atoms with E-state index in [0.717, 1.165) is 20.9 Å². The summed E-state index contributed by atoms with van der Waals surface area (Å²) in [5.41, 5.74) is 2.17. The van der Waals surface area contributed by atoms with Crippen LogP contribution in [0, 0.1) is 0 Å². The fraction of sp³-hybridized carbons (Fsp3) is 0.167. The molecule has 0 radical (unpaired) electrons. The van der Waals surface area contributed by atoms with E-state index in [4.69, 9.17) is 0 Å². The molecule has 0 aliphatic carbocycles. The van der Waals surface area contributed by atoms with E-state index < -0.39 is 0 Å². The van der Waals surface area contributed by atoms with Crippen molar-refractivity contribution in [1.82, 2.24) is 9.88 Å². The number of rotatable bonds is 4. The van der Waals surface area contributed by atoms with Gasteiger partial charge >= 0.3 is 0 Å². The van der Waals surface area contributed by atoms with Gasteiger partial charge in [-0.2, -0.15) is 0 Å². The van der Waals surface area contributed by atoms with Gasteiger partial charge in [0.05, 0.1) is 6.04 Å². The van der Waals surface area contributed by atoms with Crippen molar-refractivity contribution < 1.29 is 4.79 Å². The number of benzene rings is 2. The monoisotopic (exact) mass is 356 g/mol. The normalized spacial score (nSPS) is 12.3. The quantitative estimate of drug-likeness (QED) is 0.743. The summed E-state index contributed by atoms with van der Waals surface area (Å²) in [5.74, 6) is 0.0109.